The van der Waals surface area contributed by atoms with Gasteiger partial charge in [-0.25, -0.2) is 4.39 Å². The number of hydrogen-bond acceptors (Lipinski definition) is 2. The first kappa shape index (κ1) is 16.6. The Hall–Kier alpha value is -0.720. The summed E-state index contributed by atoms with van der Waals surface area (Å²) >= 11 is 7.03. The fourth-order valence-electron chi connectivity index (χ4n) is 2.46. The Balaban J connectivity index is 2.40. The van der Waals surface area contributed by atoms with Crippen molar-refractivity contribution in [3.05, 3.63) is 49.9 Å². The average molecular weight is 419 g/mol. The van der Waals surface area contributed by atoms with Crippen LogP contribution in [0, 0.1) is 12.7 Å². The molecule has 1 aromatic carbocycles. The third-order valence-corrected chi connectivity index (χ3v) is 5.18. The maximum Gasteiger partial charge on any atom is 0.129 e. The van der Waals surface area contributed by atoms with Crippen LogP contribution in [0.2, 0.25) is 0 Å². The van der Waals surface area contributed by atoms with E-state index in [0.29, 0.717) is 12.0 Å². The largest absolute Gasteiger partial charge is 0.310 e. The van der Waals surface area contributed by atoms with Crippen molar-refractivity contribution in [3.8, 4) is 0 Å². The second kappa shape index (κ2) is 7.03. The fraction of sp³-hybridized carbons (Fsp3) is 0.400. The molecule has 21 heavy (non-hydrogen) atoms. The normalized spacial score (nSPS) is 12.7. The molecule has 1 N–H and O–H groups in total. The Morgan fingerprint density at radius 2 is 2.10 bits per heavy atom. The first-order chi connectivity index (χ1) is 9.95. The summed E-state index contributed by atoms with van der Waals surface area (Å²) in [5.74, 6) is -0.203. The van der Waals surface area contributed by atoms with E-state index in [1.165, 1.54) is 6.07 Å². The molecule has 114 valence electrons. The topological polar surface area (TPSA) is 29.9 Å². The molecule has 0 spiro atoms. The van der Waals surface area contributed by atoms with Gasteiger partial charge in [0.05, 0.1) is 15.9 Å². The predicted octanol–water partition coefficient (Wildman–Crippen LogP) is 4.29. The highest BCUT2D eigenvalue weighted by Crippen LogP contribution is 2.31. The van der Waals surface area contributed by atoms with Gasteiger partial charge in [0.25, 0.3) is 0 Å². The number of likely N-dealkylation sites (N-methyl/N-ethyl adjacent to an activating group) is 1. The maximum absolute atomic E-state index is 14.2. The van der Waals surface area contributed by atoms with Crippen LogP contribution < -0.4 is 5.32 Å². The number of aryl methyl sites for hydroxylation is 2. The molecule has 1 atom stereocenters. The second-order valence-corrected chi connectivity index (χ2v) is 6.57. The predicted molar refractivity (Wildman–Crippen MR) is 89.9 cm³/mol. The summed E-state index contributed by atoms with van der Waals surface area (Å²) in [6.07, 6.45) is 0.658. The number of nitrogens with zero attached hydrogens (tertiary/aromatic N) is 2. The summed E-state index contributed by atoms with van der Waals surface area (Å²) in [6.45, 7) is 4.74. The number of benzene rings is 1. The number of rotatable bonds is 5. The second-order valence-electron chi connectivity index (χ2n) is 4.92. The van der Waals surface area contributed by atoms with Gasteiger partial charge in [0, 0.05) is 29.5 Å². The van der Waals surface area contributed by atoms with Crippen LogP contribution in [0.15, 0.2) is 27.1 Å². The molecule has 0 saturated heterocycles. The van der Waals surface area contributed by atoms with Gasteiger partial charge >= 0.3 is 0 Å². The monoisotopic (exact) mass is 417 g/mol. The van der Waals surface area contributed by atoms with E-state index in [0.717, 1.165) is 26.9 Å². The van der Waals surface area contributed by atoms with Crippen molar-refractivity contribution in [2.75, 3.05) is 6.54 Å². The van der Waals surface area contributed by atoms with Crippen LogP contribution in [0.4, 0.5) is 4.39 Å². The summed E-state index contributed by atoms with van der Waals surface area (Å²) < 4.78 is 17.8. The first-order valence-corrected chi connectivity index (χ1v) is 8.39. The van der Waals surface area contributed by atoms with Crippen LogP contribution >= 0.6 is 31.9 Å². The molecule has 0 amide bonds. The van der Waals surface area contributed by atoms with Gasteiger partial charge in [-0.05, 0) is 41.5 Å². The zero-order valence-electron chi connectivity index (χ0n) is 12.3. The van der Waals surface area contributed by atoms with Crippen molar-refractivity contribution in [1.82, 2.24) is 15.1 Å². The van der Waals surface area contributed by atoms with Crippen molar-refractivity contribution in [2.45, 2.75) is 26.3 Å². The maximum atomic E-state index is 14.2. The molecule has 1 heterocycles. The van der Waals surface area contributed by atoms with E-state index in [-0.39, 0.29) is 11.9 Å². The van der Waals surface area contributed by atoms with Crippen LogP contribution in [0.1, 0.15) is 29.9 Å². The minimum absolute atomic E-state index is 0.114. The van der Waals surface area contributed by atoms with Gasteiger partial charge in [0.1, 0.15) is 5.82 Å². The lowest BCUT2D eigenvalue weighted by Crippen LogP contribution is -2.25. The molecule has 0 fully saturated rings. The molecule has 0 aliphatic carbocycles. The van der Waals surface area contributed by atoms with Crippen molar-refractivity contribution < 1.29 is 4.39 Å². The summed E-state index contributed by atoms with van der Waals surface area (Å²) in [5.41, 5.74) is 2.65. The Morgan fingerprint density at radius 1 is 1.38 bits per heavy atom. The summed E-state index contributed by atoms with van der Waals surface area (Å²) in [6, 6.07) is 4.95. The number of aromatic nitrogens is 2. The third-order valence-electron chi connectivity index (χ3n) is 3.46. The van der Waals surface area contributed by atoms with Gasteiger partial charge in [0.15, 0.2) is 0 Å². The quantitative estimate of drug-likeness (QED) is 0.784. The Labute approximate surface area is 141 Å². The average Bonchev–Trinajstić information content (AvgIpc) is 2.65. The van der Waals surface area contributed by atoms with Crippen molar-refractivity contribution in [2.24, 2.45) is 7.05 Å². The van der Waals surface area contributed by atoms with Gasteiger partial charge < -0.3 is 5.32 Å². The molecule has 6 heteroatoms. The lowest BCUT2D eigenvalue weighted by Gasteiger charge is -2.20. The van der Waals surface area contributed by atoms with Gasteiger partial charge in [0.2, 0.25) is 0 Å². The Morgan fingerprint density at radius 3 is 2.62 bits per heavy atom. The number of hydrogen-bond donors (Lipinski definition) is 1. The highest BCUT2D eigenvalue weighted by molar-refractivity contribution is 9.10. The van der Waals surface area contributed by atoms with E-state index >= 15 is 0 Å². The Kier molecular flexibility index (Phi) is 5.57. The molecule has 0 aliphatic rings. The smallest absolute Gasteiger partial charge is 0.129 e. The molecule has 0 saturated carbocycles. The molecule has 1 aromatic heterocycles. The van der Waals surface area contributed by atoms with Crippen molar-refractivity contribution in [3.63, 3.8) is 0 Å². The van der Waals surface area contributed by atoms with Gasteiger partial charge in [-0.15, -0.1) is 0 Å². The molecule has 3 nitrogen and oxygen atoms in total. The van der Waals surface area contributed by atoms with Crippen molar-refractivity contribution >= 4 is 31.9 Å². The van der Waals surface area contributed by atoms with E-state index in [2.05, 4.69) is 42.3 Å². The highest BCUT2D eigenvalue weighted by atomic mass is 79.9. The minimum Gasteiger partial charge on any atom is -0.310 e. The lowest BCUT2D eigenvalue weighted by molar-refractivity contribution is 0.494. The molecular weight excluding hydrogens is 401 g/mol. The van der Waals surface area contributed by atoms with Crippen molar-refractivity contribution in [1.29, 1.82) is 0 Å². The summed E-state index contributed by atoms with van der Waals surface area (Å²) in [7, 11) is 1.91. The SMILES string of the molecule is CCNC(Cc1c(Br)c(C)nn1C)c1c(F)cccc1Br. The summed E-state index contributed by atoms with van der Waals surface area (Å²) in [4.78, 5) is 0. The molecule has 2 rings (SSSR count). The van der Waals surface area contributed by atoms with Gasteiger partial charge in [-0.1, -0.05) is 28.9 Å². The zero-order chi connectivity index (χ0) is 15.6. The Bertz CT molecular complexity index is 620. The third kappa shape index (κ3) is 3.55. The first-order valence-electron chi connectivity index (χ1n) is 6.81. The molecule has 0 radical (unpaired) electrons. The van der Waals surface area contributed by atoms with E-state index in [1.54, 1.807) is 6.07 Å². The van der Waals surface area contributed by atoms with E-state index in [9.17, 15) is 4.39 Å². The number of halogens is 3. The zero-order valence-corrected chi connectivity index (χ0v) is 15.4. The molecule has 2 aromatic rings. The van der Waals surface area contributed by atoms with E-state index < -0.39 is 0 Å². The fourth-order valence-corrected chi connectivity index (χ4v) is 3.58. The van der Waals surface area contributed by atoms with Crippen LogP contribution in [-0.2, 0) is 13.5 Å². The van der Waals surface area contributed by atoms with E-state index in [1.807, 2.05) is 31.6 Å². The van der Waals surface area contributed by atoms with Crippen LogP contribution in [0.5, 0.6) is 0 Å². The highest BCUT2D eigenvalue weighted by Gasteiger charge is 2.22. The standard InChI is InChI=1S/C15H18Br2FN3/c1-4-19-12(14-10(16)6-5-7-11(14)18)8-13-15(17)9(2)20-21(13)3/h5-7,12,19H,4,8H2,1-3H3. The van der Waals surface area contributed by atoms with Crippen LogP contribution in [0.25, 0.3) is 0 Å². The number of nitrogens with one attached hydrogen (secondary N) is 1. The van der Waals surface area contributed by atoms with Gasteiger partial charge in [-0.3, -0.25) is 4.68 Å². The van der Waals surface area contributed by atoms with Crippen LogP contribution in [-0.4, -0.2) is 16.3 Å². The molecule has 1 unspecified atom stereocenters. The lowest BCUT2D eigenvalue weighted by atomic mass is 10.0. The minimum atomic E-state index is -0.203. The molecular formula is C15H18Br2FN3. The van der Waals surface area contributed by atoms with Gasteiger partial charge in [-0.2, -0.15) is 5.10 Å². The van der Waals surface area contributed by atoms with Crippen LogP contribution in [0.3, 0.4) is 0 Å². The molecule has 0 bridgehead atoms. The van der Waals surface area contributed by atoms with E-state index in [4.69, 9.17) is 0 Å². The summed E-state index contributed by atoms with van der Waals surface area (Å²) in [5, 5.41) is 7.76. The molecule has 0 aliphatic heterocycles.